The molecule has 0 aliphatic rings. The van der Waals surface area contributed by atoms with Crippen LogP contribution in [0.2, 0.25) is 19.6 Å². The first kappa shape index (κ1) is 13.3. The molecule has 5 heteroatoms. The molecule has 0 aliphatic heterocycles. The minimum absolute atomic E-state index is 0.306. The number of nitrogens with zero attached hydrogens (tertiary/aromatic N) is 3. The highest BCUT2D eigenvalue weighted by Gasteiger charge is 2.07. The summed E-state index contributed by atoms with van der Waals surface area (Å²) in [4.78, 5) is 0. The minimum atomic E-state index is -1.24. The van der Waals surface area contributed by atoms with Gasteiger partial charge < -0.3 is 5.73 Å². The van der Waals surface area contributed by atoms with E-state index in [2.05, 4.69) is 36.2 Å². The zero-order valence-corrected chi connectivity index (χ0v) is 11.6. The van der Waals surface area contributed by atoms with Gasteiger partial charge in [-0.05, 0) is 6.42 Å². The number of unbranched alkanes of at least 4 members (excludes halogenated alkanes) is 1. The molecule has 0 bridgehead atoms. The van der Waals surface area contributed by atoms with Crippen LogP contribution >= 0.6 is 0 Å². The van der Waals surface area contributed by atoms with E-state index in [-0.39, 0.29) is 0 Å². The van der Waals surface area contributed by atoms with E-state index in [1.807, 2.05) is 6.07 Å². The molecule has 0 amide bonds. The Hall–Kier alpha value is -1.72. The van der Waals surface area contributed by atoms with Crippen LogP contribution < -0.4 is 5.73 Å². The zero-order chi connectivity index (χ0) is 12.9. The van der Waals surface area contributed by atoms with Crippen molar-refractivity contribution in [2.75, 3.05) is 5.73 Å². The highest BCUT2D eigenvalue weighted by atomic mass is 28.3. The van der Waals surface area contributed by atoms with Crippen LogP contribution in [0.25, 0.3) is 0 Å². The summed E-state index contributed by atoms with van der Waals surface area (Å²) in [5.41, 5.74) is 9.32. The molecule has 90 valence electrons. The smallest absolute Gasteiger partial charge is 0.163 e. The van der Waals surface area contributed by atoms with Crippen molar-refractivity contribution in [3.05, 3.63) is 11.8 Å². The zero-order valence-electron chi connectivity index (χ0n) is 10.6. The van der Waals surface area contributed by atoms with Gasteiger partial charge in [-0.15, -0.1) is 11.5 Å². The fourth-order valence-electron chi connectivity index (χ4n) is 1.29. The number of aromatic nitrogens is 2. The minimum Gasteiger partial charge on any atom is -0.381 e. The third-order valence-corrected chi connectivity index (χ3v) is 2.99. The summed E-state index contributed by atoms with van der Waals surface area (Å²) in [6.45, 7) is 7.44. The van der Waals surface area contributed by atoms with Crippen LogP contribution in [0, 0.1) is 22.8 Å². The second-order valence-corrected chi connectivity index (χ2v) is 9.71. The standard InChI is InChI=1S/C12H18N4Si/c1-17(2,3)8-6-4-5-7-16-10-11(9-13)12(14)15-16/h10H,4-5,7H2,1-3H3,(H2,14,15). The van der Waals surface area contributed by atoms with Crippen molar-refractivity contribution in [3.63, 3.8) is 0 Å². The Bertz CT molecular complexity index is 479. The topological polar surface area (TPSA) is 67.6 Å². The Morgan fingerprint density at radius 1 is 1.47 bits per heavy atom. The van der Waals surface area contributed by atoms with Crippen LogP contribution in [0.15, 0.2) is 6.20 Å². The number of rotatable bonds is 3. The molecule has 0 radical (unpaired) electrons. The van der Waals surface area contributed by atoms with E-state index in [9.17, 15) is 0 Å². The molecule has 4 nitrogen and oxygen atoms in total. The average Bonchev–Trinajstić information content (AvgIpc) is 2.57. The quantitative estimate of drug-likeness (QED) is 0.504. The Kier molecular flexibility index (Phi) is 4.36. The molecule has 0 spiro atoms. The van der Waals surface area contributed by atoms with Crippen molar-refractivity contribution in [1.29, 1.82) is 5.26 Å². The van der Waals surface area contributed by atoms with Crippen LogP contribution in [-0.2, 0) is 6.54 Å². The van der Waals surface area contributed by atoms with Crippen LogP contribution in [-0.4, -0.2) is 17.9 Å². The molecule has 1 aromatic heterocycles. The number of nitrogens with two attached hydrogens (primary N) is 1. The molecule has 0 aromatic carbocycles. The Morgan fingerprint density at radius 3 is 2.71 bits per heavy atom. The number of nitrogen functional groups attached to an aromatic ring is 1. The predicted molar refractivity (Wildman–Crippen MR) is 71.7 cm³/mol. The molecule has 0 saturated carbocycles. The van der Waals surface area contributed by atoms with Crippen molar-refractivity contribution in [2.45, 2.75) is 39.0 Å². The van der Waals surface area contributed by atoms with Crippen molar-refractivity contribution in [1.82, 2.24) is 9.78 Å². The van der Waals surface area contributed by atoms with Gasteiger partial charge in [-0.25, -0.2) is 0 Å². The SMILES string of the molecule is C[Si](C)(C)C#CCCCn1cc(C#N)c(N)n1. The van der Waals surface area contributed by atoms with Gasteiger partial charge in [0.15, 0.2) is 5.82 Å². The maximum Gasteiger partial charge on any atom is 0.163 e. The average molecular weight is 246 g/mol. The maximum atomic E-state index is 8.73. The van der Waals surface area contributed by atoms with Crippen molar-refractivity contribution in [3.8, 4) is 17.5 Å². The third-order valence-electron chi connectivity index (χ3n) is 2.06. The summed E-state index contributed by atoms with van der Waals surface area (Å²) in [6, 6.07) is 2.01. The number of aryl methyl sites for hydroxylation is 1. The van der Waals surface area contributed by atoms with Gasteiger partial charge in [0, 0.05) is 19.2 Å². The van der Waals surface area contributed by atoms with Gasteiger partial charge in [-0.3, -0.25) is 4.68 Å². The lowest BCUT2D eigenvalue weighted by Crippen LogP contribution is -2.16. The summed E-state index contributed by atoms with van der Waals surface area (Å²) in [5, 5.41) is 12.8. The van der Waals surface area contributed by atoms with E-state index < -0.39 is 8.07 Å². The number of anilines is 1. The first-order valence-electron chi connectivity index (χ1n) is 5.65. The Balaban J connectivity index is 2.41. The molecule has 17 heavy (non-hydrogen) atoms. The Labute approximate surface area is 103 Å². The van der Waals surface area contributed by atoms with Gasteiger partial charge >= 0.3 is 0 Å². The van der Waals surface area contributed by atoms with E-state index in [0.29, 0.717) is 11.4 Å². The van der Waals surface area contributed by atoms with Crippen LogP contribution in [0.1, 0.15) is 18.4 Å². The molecule has 2 N–H and O–H groups in total. The van der Waals surface area contributed by atoms with Crippen molar-refractivity contribution < 1.29 is 0 Å². The monoisotopic (exact) mass is 246 g/mol. The highest BCUT2D eigenvalue weighted by molar-refractivity contribution is 6.83. The number of nitriles is 1. The van der Waals surface area contributed by atoms with Gasteiger partial charge in [0.05, 0.1) is 0 Å². The lowest BCUT2D eigenvalue weighted by molar-refractivity contribution is 0.589. The second kappa shape index (κ2) is 5.56. The predicted octanol–water partition coefficient (Wildman–Crippen LogP) is 2.00. The van der Waals surface area contributed by atoms with Gasteiger partial charge in [-0.1, -0.05) is 19.6 Å². The second-order valence-electron chi connectivity index (χ2n) is 4.96. The summed E-state index contributed by atoms with van der Waals surface area (Å²) in [6.07, 6.45) is 3.48. The molecule has 0 aliphatic carbocycles. The summed E-state index contributed by atoms with van der Waals surface area (Å²) in [5.74, 6) is 3.51. The fourth-order valence-corrected chi connectivity index (χ4v) is 1.95. The van der Waals surface area contributed by atoms with E-state index in [1.54, 1.807) is 10.9 Å². The lowest BCUT2D eigenvalue weighted by Gasteiger charge is -2.03. The fraction of sp³-hybridized carbons (Fsp3) is 0.500. The normalized spacial score (nSPS) is 10.5. The van der Waals surface area contributed by atoms with Crippen molar-refractivity contribution >= 4 is 13.9 Å². The molecule has 0 fully saturated rings. The molecular weight excluding hydrogens is 228 g/mol. The van der Waals surface area contributed by atoms with Crippen LogP contribution in [0.5, 0.6) is 0 Å². The van der Waals surface area contributed by atoms with Gasteiger partial charge in [0.1, 0.15) is 19.7 Å². The first-order chi connectivity index (χ1) is 7.92. The molecule has 0 unspecified atom stereocenters. The van der Waals surface area contributed by atoms with Crippen molar-refractivity contribution in [2.24, 2.45) is 0 Å². The molecule has 0 atom stereocenters. The van der Waals surface area contributed by atoms with Gasteiger partial charge in [-0.2, -0.15) is 10.4 Å². The summed E-state index contributed by atoms with van der Waals surface area (Å²) in [7, 11) is -1.24. The highest BCUT2D eigenvalue weighted by Crippen LogP contribution is 2.07. The number of hydrogen-bond donors (Lipinski definition) is 1. The van der Waals surface area contributed by atoms with E-state index in [1.165, 1.54) is 0 Å². The lowest BCUT2D eigenvalue weighted by atomic mass is 10.3. The Morgan fingerprint density at radius 2 is 2.18 bits per heavy atom. The summed E-state index contributed by atoms with van der Waals surface area (Å²) >= 11 is 0. The first-order valence-corrected chi connectivity index (χ1v) is 9.15. The van der Waals surface area contributed by atoms with Crippen LogP contribution in [0.4, 0.5) is 5.82 Å². The maximum absolute atomic E-state index is 8.73. The molecule has 0 saturated heterocycles. The van der Waals surface area contributed by atoms with E-state index in [4.69, 9.17) is 11.0 Å². The third kappa shape index (κ3) is 4.75. The van der Waals surface area contributed by atoms with E-state index in [0.717, 1.165) is 19.4 Å². The van der Waals surface area contributed by atoms with E-state index >= 15 is 0 Å². The van der Waals surface area contributed by atoms with Crippen LogP contribution in [0.3, 0.4) is 0 Å². The number of hydrogen-bond acceptors (Lipinski definition) is 3. The van der Waals surface area contributed by atoms with Gasteiger partial charge in [0.25, 0.3) is 0 Å². The van der Waals surface area contributed by atoms with Gasteiger partial charge in [0.2, 0.25) is 0 Å². The molecule has 1 rings (SSSR count). The molecule has 1 aromatic rings. The molecule has 1 heterocycles. The largest absolute Gasteiger partial charge is 0.381 e. The molecular formula is C12H18N4Si. The summed E-state index contributed by atoms with van der Waals surface area (Å²) < 4.78 is 1.71.